The van der Waals surface area contributed by atoms with Crippen LogP contribution in [0.4, 0.5) is 10.1 Å². The minimum Gasteiger partial charge on any atom is -0.366 e. The Bertz CT molecular complexity index is 475. The van der Waals surface area contributed by atoms with Crippen LogP contribution >= 0.6 is 0 Å². The predicted molar refractivity (Wildman–Crippen MR) is 75.3 cm³/mol. The minimum atomic E-state index is -0.301. The highest BCUT2D eigenvalue weighted by molar-refractivity contribution is 5.94. The summed E-state index contributed by atoms with van der Waals surface area (Å²) in [5.41, 5.74) is 1.04. The smallest absolute Gasteiger partial charge is 0.159 e. The predicted octanol–water partition coefficient (Wildman–Crippen LogP) is 2.56. The Hall–Kier alpha value is -1.42. The molecule has 1 aromatic rings. The molecule has 3 nitrogen and oxygen atoms in total. The number of benzene rings is 1. The number of halogens is 1. The van der Waals surface area contributed by atoms with Crippen molar-refractivity contribution in [2.24, 2.45) is 0 Å². The van der Waals surface area contributed by atoms with E-state index >= 15 is 0 Å². The number of hydrogen-bond acceptors (Lipinski definition) is 3. The molecule has 104 valence electrons. The van der Waals surface area contributed by atoms with E-state index in [1.165, 1.54) is 13.0 Å². The summed E-state index contributed by atoms with van der Waals surface area (Å²) in [5, 5.41) is 0. The van der Waals surface area contributed by atoms with E-state index in [4.69, 9.17) is 0 Å². The van der Waals surface area contributed by atoms with Crippen LogP contribution in [0.5, 0.6) is 0 Å². The van der Waals surface area contributed by atoms with E-state index in [-0.39, 0.29) is 11.6 Å². The molecule has 4 heteroatoms. The average molecular weight is 264 g/mol. The van der Waals surface area contributed by atoms with E-state index in [0.29, 0.717) is 17.3 Å². The van der Waals surface area contributed by atoms with Gasteiger partial charge < -0.3 is 4.90 Å². The third-order valence-electron chi connectivity index (χ3n) is 3.87. The van der Waals surface area contributed by atoms with Gasteiger partial charge in [-0.3, -0.25) is 9.69 Å². The molecule has 1 aliphatic rings. The SMILES string of the molecule is CCN1CCN(c2ccc(C(C)=O)cc2F)CC1C. The van der Waals surface area contributed by atoms with E-state index in [1.54, 1.807) is 12.1 Å². The van der Waals surface area contributed by atoms with Crippen molar-refractivity contribution < 1.29 is 9.18 Å². The van der Waals surface area contributed by atoms with Gasteiger partial charge in [0.15, 0.2) is 5.78 Å². The Kier molecular flexibility index (Phi) is 4.20. The monoisotopic (exact) mass is 264 g/mol. The van der Waals surface area contributed by atoms with E-state index in [9.17, 15) is 9.18 Å². The number of ketones is 1. The zero-order chi connectivity index (χ0) is 14.0. The number of Topliss-reactive ketones (excluding diaryl/α,β-unsaturated/α-hetero) is 1. The van der Waals surface area contributed by atoms with Crippen LogP contribution < -0.4 is 4.90 Å². The lowest BCUT2D eigenvalue weighted by Gasteiger charge is -2.40. The molecule has 1 atom stereocenters. The fraction of sp³-hybridized carbons (Fsp3) is 0.533. The summed E-state index contributed by atoms with van der Waals surface area (Å²) in [6, 6.07) is 5.19. The van der Waals surface area contributed by atoms with Gasteiger partial charge in [-0.1, -0.05) is 6.92 Å². The summed E-state index contributed by atoms with van der Waals surface area (Å²) in [7, 11) is 0. The number of nitrogens with zero attached hydrogens (tertiary/aromatic N) is 2. The first-order valence-electron chi connectivity index (χ1n) is 6.82. The van der Waals surface area contributed by atoms with Gasteiger partial charge in [-0.25, -0.2) is 4.39 Å². The van der Waals surface area contributed by atoms with Crippen LogP contribution in [0.15, 0.2) is 18.2 Å². The fourth-order valence-corrected chi connectivity index (χ4v) is 2.67. The van der Waals surface area contributed by atoms with Gasteiger partial charge in [0.2, 0.25) is 0 Å². The van der Waals surface area contributed by atoms with Crippen LogP contribution in [0.25, 0.3) is 0 Å². The minimum absolute atomic E-state index is 0.102. The molecule has 19 heavy (non-hydrogen) atoms. The molecule has 1 fully saturated rings. The summed E-state index contributed by atoms with van der Waals surface area (Å²) in [6.07, 6.45) is 0. The van der Waals surface area contributed by atoms with Crippen LogP contribution in [0.3, 0.4) is 0 Å². The average Bonchev–Trinajstić information content (AvgIpc) is 2.38. The number of likely N-dealkylation sites (N-methyl/N-ethyl adjacent to an activating group) is 1. The highest BCUT2D eigenvalue weighted by Crippen LogP contribution is 2.23. The molecule has 1 unspecified atom stereocenters. The van der Waals surface area contributed by atoms with Gasteiger partial charge in [0.05, 0.1) is 5.69 Å². The van der Waals surface area contributed by atoms with Crippen molar-refractivity contribution in [1.82, 2.24) is 4.90 Å². The molecule has 1 heterocycles. The molecule has 0 saturated carbocycles. The van der Waals surface area contributed by atoms with Crippen molar-refractivity contribution in [2.45, 2.75) is 26.8 Å². The molecular formula is C15H21FN2O. The van der Waals surface area contributed by atoms with E-state index in [2.05, 4.69) is 23.6 Å². The van der Waals surface area contributed by atoms with E-state index < -0.39 is 0 Å². The first-order chi connectivity index (χ1) is 9.02. The third kappa shape index (κ3) is 2.95. The topological polar surface area (TPSA) is 23.6 Å². The van der Waals surface area contributed by atoms with Crippen LogP contribution in [0.1, 0.15) is 31.1 Å². The number of anilines is 1. The maximum absolute atomic E-state index is 14.1. The van der Waals surface area contributed by atoms with Gasteiger partial charge in [0.25, 0.3) is 0 Å². The standard InChI is InChI=1S/C15H21FN2O/c1-4-17-7-8-18(10-11(17)2)15-6-5-13(12(3)19)9-14(15)16/h5-6,9,11H,4,7-8,10H2,1-3H3. The van der Waals surface area contributed by atoms with Gasteiger partial charge in [0.1, 0.15) is 5.82 Å². The molecule has 0 radical (unpaired) electrons. The van der Waals surface area contributed by atoms with Crippen molar-refractivity contribution in [3.8, 4) is 0 Å². The molecule has 1 aliphatic heterocycles. The third-order valence-corrected chi connectivity index (χ3v) is 3.87. The molecule has 0 aliphatic carbocycles. The van der Waals surface area contributed by atoms with Crippen molar-refractivity contribution in [2.75, 3.05) is 31.1 Å². The second-order valence-corrected chi connectivity index (χ2v) is 5.15. The normalized spacial score (nSPS) is 20.6. The number of piperazine rings is 1. The summed E-state index contributed by atoms with van der Waals surface area (Å²) >= 11 is 0. The Morgan fingerprint density at radius 1 is 1.42 bits per heavy atom. The number of carbonyl (C=O) groups is 1. The maximum Gasteiger partial charge on any atom is 0.159 e. The molecule has 2 rings (SSSR count). The summed E-state index contributed by atoms with van der Waals surface area (Å²) in [6.45, 7) is 9.40. The van der Waals surface area contributed by atoms with Crippen molar-refractivity contribution in [1.29, 1.82) is 0 Å². The lowest BCUT2D eigenvalue weighted by molar-refractivity contribution is 0.101. The molecule has 0 N–H and O–H groups in total. The van der Waals surface area contributed by atoms with Crippen LogP contribution in [-0.2, 0) is 0 Å². The van der Waals surface area contributed by atoms with Crippen molar-refractivity contribution in [3.05, 3.63) is 29.6 Å². The lowest BCUT2D eigenvalue weighted by atomic mass is 10.1. The van der Waals surface area contributed by atoms with Crippen molar-refractivity contribution in [3.63, 3.8) is 0 Å². The molecule has 0 spiro atoms. The zero-order valence-corrected chi connectivity index (χ0v) is 11.8. The van der Waals surface area contributed by atoms with Gasteiger partial charge in [-0.15, -0.1) is 0 Å². The van der Waals surface area contributed by atoms with E-state index in [1.807, 2.05) is 0 Å². The Labute approximate surface area is 114 Å². The molecule has 0 amide bonds. The summed E-state index contributed by atoms with van der Waals surface area (Å²) < 4.78 is 14.1. The van der Waals surface area contributed by atoms with E-state index in [0.717, 1.165) is 26.2 Å². The molecule has 0 aromatic heterocycles. The zero-order valence-electron chi connectivity index (χ0n) is 11.8. The Balaban J connectivity index is 2.17. The highest BCUT2D eigenvalue weighted by atomic mass is 19.1. The first kappa shape index (κ1) is 14.0. The molecule has 1 saturated heterocycles. The van der Waals surface area contributed by atoms with Gasteiger partial charge in [-0.05, 0) is 38.6 Å². The summed E-state index contributed by atoms with van der Waals surface area (Å²) in [5.74, 6) is -0.403. The quantitative estimate of drug-likeness (QED) is 0.784. The number of hydrogen-bond donors (Lipinski definition) is 0. The maximum atomic E-state index is 14.1. The van der Waals surface area contributed by atoms with Gasteiger partial charge in [-0.2, -0.15) is 0 Å². The Morgan fingerprint density at radius 3 is 2.68 bits per heavy atom. The second-order valence-electron chi connectivity index (χ2n) is 5.15. The highest BCUT2D eigenvalue weighted by Gasteiger charge is 2.24. The molecule has 1 aromatic carbocycles. The molecule has 0 bridgehead atoms. The summed E-state index contributed by atoms with van der Waals surface area (Å²) in [4.78, 5) is 15.7. The van der Waals surface area contributed by atoms with Crippen LogP contribution in [-0.4, -0.2) is 42.9 Å². The van der Waals surface area contributed by atoms with Gasteiger partial charge >= 0.3 is 0 Å². The lowest BCUT2D eigenvalue weighted by Crippen LogP contribution is -2.52. The van der Waals surface area contributed by atoms with Gasteiger partial charge in [0, 0.05) is 31.2 Å². The van der Waals surface area contributed by atoms with Crippen LogP contribution in [0.2, 0.25) is 0 Å². The first-order valence-corrected chi connectivity index (χ1v) is 6.82. The number of carbonyl (C=O) groups excluding carboxylic acids is 1. The largest absolute Gasteiger partial charge is 0.366 e. The number of rotatable bonds is 3. The Morgan fingerprint density at radius 2 is 2.16 bits per heavy atom. The fourth-order valence-electron chi connectivity index (χ4n) is 2.67. The van der Waals surface area contributed by atoms with Crippen molar-refractivity contribution >= 4 is 11.5 Å². The second kappa shape index (κ2) is 5.70. The molecular weight excluding hydrogens is 243 g/mol. The van der Waals surface area contributed by atoms with Crippen LogP contribution in [0, 0.1) is 5.82 Å².